The number of anilines is 5. The molecule has 2 N–H and O–H groups in total. The lowest BCUT2D eigenvalue weighted by atomic mass is 9.91. The fourth-order valence-corrected chi connectivity index (χ4v) is 20.2. The molecule has 728 valence electrons. The molecule has 0 aliphatic carbocycles. The number of aromatic nitrogens is 25. The molecule has 0 saturated carbocycles. The Morgan fingerprint density at radius 2 is 0.623 bits per heavy atom. The van der Waals surface area contributed by atoms with Crippen LogP contribution in [0.2, 0.25) is 0 Å². The molecule has 0 radical (unpaired) electrons. The zero-order chi connectivity index (χ0) is 97.6. The van der Waals surface area contributed by atoms with Crippen molar-refractivity contribution >= 4 is 86.8 Å². The average Bonchev–Trinajstić information content (AvgIpc) is 1.65. The van der Waals surface area contributed by atoms with E-state index in [9.17, 15) is 79.4 Å². The summed E-state index contributed by atoms with van der Waals surface area (Å²) >= 11 is 0. The largest absolute Gasteiger partial charge is 0.396 e. The second kappa shape index (κ2) is 41.9. The Hall–Kier alpha value is -13.4. The van der Waals surface area contributed by atoms with Crippen molar-refractivity contribution in [1.29, 1.82) is 0 Å². The third-order valence-electron chi connectivity index (χ3n) is 24.7. The van der Waals surface area contributed by atoms with Crippen LogP contribution in [-0.4, -0.2) is 271 Å². The number of piperidine rings is 2. The van der Waals surface area contributed by atoms with Gasteiger partial charge in [-0.15, -0.1) is 0 Å². The smallest absolute Gasteiger partial charge is 0.282 e. The maximum absolute atomic E-state index is 13.0. The lowest BCUT2D eigenvalue weighted by Crippen LogP contribution is -2.45. The highest BCUT2D eigenvalue weighted by Gasteiger charge is 2.35. The van der Waals surface area contributed by atoms with Crippen molar-refractivity contribution in [2.24, 2.45) is 23.7 Å². The molecule has 0 bridgehead atoms. The number of imidazole rings is 5. The molecule has 5 saturated heterocycles. The molecule has 138 heavy (non-hydrogen) atoms. The van der Waals surface area contributed by atoms with Crippen LogP contribution in [0.3, 0.4) is 0 Å². The minimum absolute atomic E-state index is 0.0551. The van der Waals surface area contributed by atoms with Gasteiger partial charge in [-0.25, -0.2) is 166 Å². The van der Waals surface area contributed by atoms with Crippen LogP contribution >= 0.6 is 0 Å². The second-order valence-electron chi connectivity index (χ2n) is 34.1. The van der Waals surface area contributed by atoms with E-state index in [1.165, 1.54) is 146 Å². The van der Waals surface area contributed by atoms with Gasteiger partial charge in [-0.05, 0) is 138 Å². The van der Waals surface area contributed by atoms with Gasteiger partial charge in [-0.3, -0.25) is 0 Å². The van der Waals surface area contributed by atoms with Gasteiger partial charge in [0.15, 0.2) is 38.1 Å². The Balaban J connectivity index is 0.000000125. The van der Waals surface area contributed by atoms with Crippen molar-refractivity contribution < 1.29 is 79.4 Å². The van der Waals surface area contributed by atoms with Gasteiger partial charge in [0, 0.05) is 139 Å². The number of aliphatic hydroxyl groups is 2. The molecule has 20 rings (SSSR count). The van der Waals surface area contributed by atoms with Crippen molar-refractivity contribution in [3.05, 3.63) is 182 Å². The number of halogens is 10. The first kappa shape index (κ1) is 97.6. The average molecular weight is 1970 g/mol. The van der Waals surface area contributed by atoms with Gasteiger partial charge in [0.2, 0.25) is 0 Å². The molecule has 38 nitrogen and oxygen atoms in total. The molecule has 5 unspecified atom stereocenters. The third kappa shape index (κ3) is 22.7. The number of rotatable bonds is 23. The fraction of sp³-hybridized carbons (Fsp3) is 0.425. The molecule has 15 aromatic rings. The van der Waals surface area contributed by atoms with E-state index in [1.54, 1.807) is 36.8 Å². The number of hydrogen-bond acceptors (Lipinski definition) is 33. The Morgan fingerprint density at radius 3 is 0.906 bits per heavy atom. The van der Waals surface area contributed by atoms with Gasteiger partial charge in [-0.2, -0.15) is 25.5 Å². The molecule has 15 aromatic heterocycles. The van der Waals surface area contributed by atoms with Crippen LogP contribution in [-0.2, 0) is 29.5 Å². The number of sulfone groups is 3. The summed E-state index contributed by atoms with van der Waals surface area (Å²) in [4.78, 5) is 74.1. The number of hydrogen-bond donors (Lipinski definition) is 2. The summed E-state index contributed by atoms with van der Waals surface area (Å²) < 4.78 is 206. The van der Waals surface area contributed by atoms with Gasteiger partial charge < -0.3 is 34.7 Å². The number of aliphatic hydroxyl groups excluding tert-OH is 2. The zero-order valence-corrected chi connectivity index (χ0v) is 77.2. The quantitative estimate of drug-likeness (QED) is 0.0562. The number of fused-ring (bicyclic) bond motifs is 5. The van der Waals surface area contributed by atoms with Crippen molar-refractivity contribution in [2.45, 2.75) is 115 Å². The molecule has 7 atom stereocenters. The van der Waals surface area contributed by atoms with E-state index in [1.807, 2.05) is 21.9 Å². The molecule has 0 spiro atoms. The standard InChI is InChI=1S/C18H20F2N6O2S.2C18H20F2N6O.C17H18F2N6O2S.C16H16F2N6O2S/c1-29(27,28)7-5-12-4-6-25(10-12)17-8-14(22-11-23-17)15-9-21-16-3-2-13(18(19)20)24-26(15)16;2*1-11-12(9-27)3-2-6-25(11)17-7-14(22-10-23-17)15-8-21-16-5-4-13(18(19)20)24-26(15)16;1-28(26,27)9-11-4-5-24(8-11)16-6-13(21-10-22-16)14-7-20-15-3-2-12(17(18)19)23-25(14)15;1-27(25,26)10-4-5-23(8-10)15-6-12(20-9-21-15)13-7-19-14-3-2-11(16(17)18)22-24(13)14/h2-3,8-9,11-12,18H,4-7,10H2,1H3;2*4-5,7-8,10-12,18,27H,2-3,6,9H2,1H3;2-3,6-7,10-11,17H,4-5,8-9H2,1H3;2-3,6-7,9-10,16H,4-5,8H2,1H3/t;11-,12+;;;/m.0.../s1. The minimum atomic E-state index is -3.12. The lowest BCUT2D eigenvalue weighted by molar-refractivity contribution is 0.144. The predicted molar refractivity (Wildman–Crippen MR) is 488 cm³/mol. The molecule has 5 fully saturated rings. The zero-order valence-electron chi connectivity index (χ0n) is 74.8. The van der Waals surface area contributed by atoms with Crippen LogP contribution in [0.25, 0.3) is 85.2 Å². The maximum Gasteiger partial charge on any atom is 0.282 e. The van der Waals surface area contributed by atoms with E-state index in [2.05, 4.69) is 129 Å². The third-order valence-corrected chi connectivity index (χ3v) is 28.3. The van der Waals surface area contributed by atoms with Crippen molar-refractivity contribution in [1.82, 2.24) is 123 Å². The molecule has 0 amide bonds. The molecule has 5 aliphatic heterocycles. The maximum atomic E-state index is 13.0. The highest BCUT2D eigenvalue weighted by Crippen LogP contribution is 2.37. The van der Waals surface area contributed by atoms with Gasteiger partial charge in [0.25, 0.3) is 32.1 Å². The van der Waals surface area contributed by atoms with Gasteiger partial charge in [0.1, 0.15) is 137 Å². The Kier molecular flexibility index (Phi) is 29.6. The van der Waals surface area contributed by atoms with E-state index in [-0.39, 0.29) is 88.9 Å². The summed E-state index contributed by atoms with van der Waals surface area (Å²) in [5.41, 5.74) is 5.71. The summed E-state index contributed by atoms with van der Waals surface area (Å²) in [5.74, 6) is 4.48. The summed E-state index contributed by atoms with van der Waals surface area (Å²) in [7, 11) is -9.13. The second-order valence-corrected chi connectivity index (χ2v) is 40.9. The number of nitrogens with zero attached hydrogens (tertiary/aromatic N) is 30. The lowest BCUT2D eigenvalue weighted by Gasteiger charge is -2.39. The van der Waals surface area contributed by atoms with Crippen molar-refractivity contribution in [3.63, 3.8) is 0 Å². The van der Waals surface area contributed by atoms with Gasteiger partial charge in [-0.1, -0.05) is 0 Å². The van der Waals surface area contributed by atoms with Gasteiger partial charge >= 0.3 is 0 Å². The van der Waals surface area contributed by atoms with E-state index in [0.717, 1.165) is 69.8 Å². The molecular formula is C87H94F10N30O8S3. The van der Waals surface area contributed by atoms with Crippen molar-refractivity contribution in [2.75, 3.05) is 120 Å². The Bertz CT molecular complexity index is 7040. The SMILES string of the molecule is CC1C(CO)CCCN1c1cc(-c2cnc3ccc(C(F)F)nn23)ncn1.CS(=O)(=O)C1CCN(c2cc(-c3cnc4ccc(C(F)F)nn34)ncn2)C1.CS(=O)(=O)CC1CCN(c2cc(-c3cnc4ccc(C(F)F)nn34)ncn2)C1.CS(=O)(=O)CCC1CCN(c2cc(-c3cnc4ccc(C(F)F)nn34)ncn2)C1.C[C@H]1[C@@H](CO)CCCN1c1cc(-c2cnc3ccc(C(F)F)nn23)ncn1. The van der Waals surface area contributed by atoms with Crippen LogP contribution in [0.1, 0.15) is 126 Å². The normalized spacial score (nSPS) is 18.8. The van der Waals surface area contributed by atoms with E-state index >= 15 is 0 Å². The highest BCUT2D eigenvalue weighted by atomic mass is 32.2. The number of alkyl halides is 10. The monoisotopic (exact) mass is 1970 g/mol. The molecule has 0 aromatic carbocycles. The van der Waals surface area contributed by atoms with Crippen LogP contribution in [0.5, 0.6) is 0 Å². The molecule has 5 aliphatic rings. The summed E-state index contributed by atoms with van der Waals surface area (Å²) in [6, 6.07) is 22.9. The highest BCUT2D eigenvalue weighted by molar-refractivity contribution is 7.91. The molecule has 20 heterocycles. The first-order chi connectivity index (χ1) is 66.1. The Morgan fingerprint density at radius 1 is 0.341 bits per heavy atom. The van der Waals surface area contributed by atoms with Gasteiger partial charge in [0.05, 0.1) is 76.2 Å². The Labute approximate surface area is 782 Å². The first-order valence-corrected chi connectivity index (χ1v) is 50.0. The van der Waals surface area contributed by atoms with E-state index in [4.69, 9.17) is 0 Å². The van der Waals surface area contributed by atoms with Crippen LogP contribution in [0.15, 0.2) is 154 Å². The first-order valence-electron chi connectivity index (χ1n) is 43.9. The topological polar surface area (TPSA) is 439 Å². The predicted octanol–water partition coefficient (Wildman–Crippen LogP) is 11.6. The fourth-order valence-electron chi connectivity index (χ4n) is 17.3. The molecule has 51 heteroatoms. The van der Waals surface area contributed by atoms with Crippen LogP contribution < -0.4 is 24.5 Å². The summed E-state index contributed by atoms with van der Waals surface area (Å²) in [6.07, 6.45) is 11.9. The summed E-state index contributed by atoms with van der Waals surface area (Å²) in [6.45, 7) is 9.81. The minimum Gasteiger partial charge on any atom is -0.396 e. The van der Waals surface area contributed by atoms with Crippen LogP contribution in [0.4, 0.5) is 73.0 Å². The van der Waals surface area contributed by atoms with Crippen molar-refractivity contribution in [3.8, 4) is 56.9 Å². The van der Waals surface area contributed by atoms with E-state index in [0.29, 0.717) is 148 Å². The van der Waals surface area contributed by atoms with E-state index < -0.39 is 66.9 Å². The van der Waals surface area contributed by atoms with Crippen LogP contribution in [0, 0.1) is 23.7 Å². The summed E-state index contributed by atoms with van der Waals surface area (Å²) in [5, 5.41) is 38.6. The molecular weight excluding hydrogens is 1880 g/mol.